The molecule has 1 atom stereocenters. The second-order valence-electron chi connectivity index (χ2n) is 3.80. The van der Waals surface area contributed by atoms with Crippen LogP contribution in [0.4, 0.5) is 0 Å². The number of alkyl halides is 3. The van der Waals surface area contributed by atoms with Gasteiger partial charge in [0.2, 0.25) is 0 Å². The van der Waals surface area contributed by atoms with Gasteiger partial charge in [0, 0.05) is 0 Å². The van der Waals surface area contributed by atoms with Gasteiger partial charge < -0.3 is 4.55 Å². The van der Waals surface area contributed by atoms with Crippen molar-refractivity contribution >= 4 is 52.4 Å². The fraction of sp³-hybridized carbons (Fsp3) is 0.875. The fourth-order valence-electron chi connectivity index (χ4n) is 0.507. The molecule has 0 saturated heterocycles. The molecule has 0 rings (SSSR count). The number of halogens is 3. The first kappa shape index (κ1) is 14.8. The Morgan fingerprint density at radius 3 is 2.14 bits per heavy atom. The van der Waals surface area contributed by atoms with Crippen LogP contribution in [0.5, 0.6) is 0 Å². The molecule has 0 spiro atoms. The minimum Gasteiger partial charge on any atom is -0.591 e. The highest BCUT2D eigenvalue weighted by molar-refractivity contribution is 7.91. The monoisotopic (exact) mass is 277 g/mol. The highest BCUT2D eigenvalue weighted by atomic mass is 35.6. The van der Waals surface area contributed by atoms with E-state index in [0.29, 0.717) is 12.8 Å². The molecule has 0 fully saturated rings. The molecule has 0 unspecified atom stereocenters. The molecule has 84 valence electrons. The molecule has 0 aliphatic heterocycles. The molecule has 0 aliphatic rings. The summed E-state index contributed by atoms with van der Waals surface area (Å²) in [6.07, 6.45) is 2.43. The minimum atomic E-state index is -1.25. The van der Waals surface area contributed by atoms with E-state index in [-0.39, 0.29) is 4.75 Å². The lowest BCUT2D eigenvalue weighted by atomic mass is 10.3. The summed E-state index contributed by atoms with van der Waals surface area (Å²) in [4.78, 5) is 0. The van der Waals surface area contributed by atoms with E-state index in [1.165, 1.54) is 0 Å². The molecule has 0 N–H and O–H groups in total. The predicted molar refractivity (Wildman–Crippen MR) is 65.9 cm³/mol. The average Bonchev–Trinajstić information content (AvgIpc) is 1.93. The van der Waals surface area contributed by atoms with Crippen LogP contribution in [-0.2, 0) is 11.4 Å². The van der Waals surface area contributed by atoms with Crippen molar-refractivity contribution in [3.63, 3.8) is 0 Å². The van der Waals surface area contributed by atoms with Gasteiger partial charge in [-0.05, 0) is 33.6 Å². The third kappa shape index (κ3) is 8.18. The lowest BCUT2D eigenvalue weighted by Gasteiger charge is -2.17. The Kier molecular flexibility index (Phi) is 6.16. The van der Waals surface area contributed by atoms with Gasteiger partial charge in [-0.1, -0.05) is 39.2 Å². The zero-order valence-electron chi connectivity index (χ0n) is 8.39. The van der Waals surface area contributed by atoms with Gasteiger partial charge in [-0.3, -0.25) is 0 Å². The Morgan fingerprint density at radius 1 is 1.29 bits per heavy atom. The summed E-state index contributed by atoms with van der Waals surface area (Å²) in [5, 5.41) is 0. The lowest BCUT2D eigenvalue weighted by Crippen LogP contribution is -2.25. The number of nitrogens with zero attached hydrogens (tertiary/aromatic N) is 1. The molecule has 6 heteroatoms. The summed E-state index contributed by atoms with van der Waals surface area (Å²) in [7, 11) is 0. The molecule has 2 nitrogen and oxygen atoms in total. The molecule has 0 radical (unpaired) electrons. The maximum atomic E-state index is 11.4. The quantitative estimate of drug-likeness (QED) is 0.441. The first-order valence-electron chi connectivity index (χ1n) is 4.14. The molecule has 0 saturated carbocycles. The van der Waals surface area contributed by atoms with Crippen molar-refractivity contribution in [1.82, 2.24) is 0 Å². The van der Waals surface area contributed by atoms with Gasteiger partial charge in [-0.25, -0.2) is 0 Å². The van der Waals surface area contributed by atoms with Crippen LogP contribution in [0.3, 0.4) is 0 Å². The third-order valence-electron chi connectivity index (χ3n) is 1.25. The van der Waals surface area contributed by atoms with Crippen molar-refractivity contribution in [2.75, 3.05) is 0 Å². The summed E-state index contributed by atoms with van der Waals surface area (Å²) < 4.78 is 13.7. The van der Waals surface area contributed by atoms with Gasteiger partial charge in [0.05, 0.1) is 6.21 Å². The number of hydrogen-bond donors (Lipinski definition) is 0. The van der Waals surface area contributed by atoms with E-state index in [2.05, 4.69) is 4.40 Å². The van der Waals surface area contributed by atoms with Crippen LogP contribution in [0.25, 0.3) is 0 Å². The summed E-state index contributed by atoms with van der Waals surface area (Å²) in [6.45, 7) is 5.57. The summed E-state index contributed by atoms with van der Waals surface area (Å²) in [5.74, 6) is 0. The summed E-state index contributed by atoms with van der Waals surface area (Å²) >= 11 is 15.4. The van der Waals surface area contributed by atoms with Crippen molar-refractivity contribution in [3.05, 3.63) is 0 Å². The number of hydrogen-bond acceptors (Lipinski definition) is 2. The van der Waals surface area contributed by atoms with Crippen molar-refractivity contribution in [2.45, 2.75) is 42.2 Å². The maximum Gasteiger partial charge on any atom is 0.190 e. The van der Waals surface area contributed by atoms with Crippen molar-refractivity contribution < 1.29 is 4.55 Å². The highest BCUT2D eigenvalue weighted by Gasteiger charge is 2.26. The van der Waals surface area contributed by atoms with E-state index in [0.717, 1.165) is 0 Å². The van der Waals surface area contributed by atoms with E-state index in [9.17, 15) is 4.55 Å². The Morgan fingerprint density at radius 2 is 1.79 bits per heavy atom. The summed E-state index contributed by atoms with van der Waals surface area (Å²) in [5.41, 5.74) is 0. The standard InChI is InChI=1S/C8H14Cl3NOS/c1-7(2,3)14(13)12-6-4-5-8(9,10)11/h6H,4-5H2,1-3H3/b12-6+/t14-/m1/s1. The van der Waals surface area contributed by atoms with Gasteiger partial charge >= 0.3 is 0 Å². The molecule has 0 aromatic carbocycles. The van der Waals surface area contributed by atoms with Gasteiger partial charge in [0.25, 0.3) is 0 Å². The lowest BCUT2D eigenvalue weighted by molar-refractivity contribution is 0.561. The molecule has 0 aliphatic carbocycles. The molecule has 0 heterocycles. The summed E-state index contributed by atoms with van der Waals surface area (Å²) in [6, 6.07) is 0. The normalized spacial score (nSPS) is 16.2. The minimum absolute atomic E-state index is 0.337. The molecule has 0 bridgehead atoms. The Bertz CT molecular complexity index is 198. The van der Waals surface area contributed by atoms with Crippen LogP contribution in [0.2, 0.25) is 0 Å². The molecule has 0 amide bonds. The largest absolute Gasteiger partial charge is 0.591 e. The molecular weight excluding hydrogens is 265 g/mol. The molecular formula is C8H14Cl3NOS. The van der Waals surface area contributed by atoms with E-state index < -0.39 is 15.2 Å². The van der Waals surface area contributed by atoms with E-state index in [4.69, 9.17) is 34.8 Å². The van der Waals surface area contributed by atoms with Crippen LogP contribution in [0, 0.1) is 0 Å². The van der Waals surface area contributed by atoms with E-state index in [1.54, 1.807) is 6.21 Å². The van der Waals surface area contributed by atoms with Crippen molar-refractivity contribution in [3.8, 4) is 0 Å². The Balaban J connectivity index is 3.85. The second-order valence-corrected chi connectivity index (χ2v) is 8.25. The van der Waals surface area contributed by atoms with E-state index in [1.807, 2.05) is 20.8 Å². The van der Waals surface area contributed by atoms with Gasteiger partial charge in [0.1, 0.15) is 16.1 Å². The number of rotatable bonds is 3. The average molecular weight is 279 g/mol. The smallest absolute Gasteiger partial charge is 0.190 e. The van der Waals surface area contributed by atoms with Crippen molar-refractivity contribution in [1.29, 1.82) is 0 Å². The van der Waals surface area contributed by atoms with Crippen LogP contribution in [0.1, 0.15) is 33.6 Å². The highest BCUT2D eigenvalue weighted by Crippen LogP contribution is 2.30. The van der Waals surface area contributed by atoms with Crippen LogP contribution in [-0.4, -0.2) is 19.3 Å². The molecule has 0 aromatic rings. The molecule has 0 aromatic heterocycles. The Hall–Kier alpha value is 0.850. The predicted octanol–water partition coefficient (Wildman–Crippen LogP) is 3.67. The second kappa shape index (κ2) is 5.80. The molecule has 14 heavy (non-hydrogen) atoms. The van der Waals surface area contributed by atoms with Crippen LogP contribution in [0.15, 0.2) is 4.40 Å². The van der Waals surface area contributed by atoms with E-state index >= 15 is 0 Å². The third-order valence-corrected chi connectivity index (χ3v) is 3.21. The van der Waals surface area contributed by atoms with Gasteiger partial charge in [-0.15, -0.1) is 0 Å². The maximum absolute atomic E-state index is 11.4. The van der Waals surface area contributed by atoms with Gasteiger partial charge in [-0.2, -0.15) is 0 Å². The zero-order chi connectivity index (χ0) is 11.4. The SMILES string of the molecule is CC(C)(C)[S@@+]([O-])/N=C/CCC(Cl)(Cl)Cl. The van der Waals surface area contributed by atoms with Crippen LogP contribution >= 0.6 is 34.8 Å². The Labute approximate surface area is 103 Å². The first-order valence-corrected chi connectivity index (χ1v) is 6.38. The van der Waals surface area contributed by atoms with Crippen molar-refractivity contribution in [2.24, 2.45) is 4.40 Å². The zero-order valence-corrected chi connectivity index (χ0v) is 11.5. The fourth-order valence-corrected chi connectivity index (χ4v) is 1.39. The topological polar surface area (TPSA) is 35.4 Å². The van der Waals surface area contributed by atoms with Crippen LogP contribution < -0.4 is 0 Å². The first-order chi connectivity index (χ1) is 6.13. The van der Waals surface area contributed by atoms with Gasteiger partial charge in [0.15, 0.2) is 3.79 Å².